The zero-order valence-electron chi connectivity index (χ0n) is 18.7. The van der Waals surface area contributed by atoms with Gasteiger partial charge in [0.15, 0.2) is 5.65 Å². The second-order valence-corrected chi connectivity index (χ2v) is 8.37. The summed E-state index contributed by atoms with van der Waals surface area (Å²) in [5.74, 6) is -0.276. The van der Waals surface area contributed by atoms with Gasteiger partial charge in [-0.05, 0) is 44.0 Å². The quantitative estimate of drug-likeness (QED) is 0.455. The van der Waals surface area contributed by atoms with Crippen molar-refractivity contribution in [3.05, 3.63) is 93.7 Å². The predicted octanol–water partition coefficient (Wildman–Crippen LogP) is 3.05. The molecule has 3 heterocycles. The van der Waals surface area contributed by atoms with Gasteiger partial charge < -0.3 is 5.32 Å². The Balaban J connectivity index is 1.44. The molecule has 2 aromatic carbocycles. The summed E-state index contributed by atoms with van der Waals surface area (Å²) >= 11 is 0. The summed E-state index contributed by atoms with van der Waals surface area (Å²) in [6.45, 7) is 6.34. The topological polar surface area (TPSA) is 85.7 Å². The van der Waals surface area contributed by atoms with Crippen LogP contribution in [0.1, 0.15) is 22.3 Å². The molecule has 0 spiro atoms. The van der Waals surface area contributed by atoms with Gasteiger partial charge in [-0.3, -0.25) is 4.79 Å². The van der Waals surface area contributed by atoms with Gasteiger partial charge in [0.1, 0.15) is 12.1 Å². The van der Waals surface area contributed by atoms with Gasteiger partial charge in [0.2, 0.25) is 5.91 Å². The van der Waals surface area contributed by atoms with Crippen LogP contribution in [0.5, 0.6) is 0 Å². The van der Waals surface area contributed by atoms with Crippen molar-refractivity contribution < 1.29 is 4.79 Å². The molecule has 0 aliphatic carbocycles. The van der Waals surface area contributed by atoms with E-state index in [9.17, 15) is 9.59 Å². The number of carbonyl (C=O) groups is 1. The van der Waals surface area contributed by atoms with Crippen LogP contribution in [-0.4, -0.2) is 29.7 Å². The Hall–Kier alpha value is -4.20. The second-order valence-electron chi connectivity index (χ2n) is 8.37. The van der Waals surface area contributed by atoms with Gasteiger partial charge in [-0.15, -0.1) is 5.10 Å². The van der Waals surface area contributed by atoms with E-state index in [1.807, 2.05) is 51.1 Å². The molecule has 0 saturated carbocycles. The number of hydrogen-bond acceptors (Lipinski definition) is 4. The minimum absolute atomic E-state index is 0.156. The Morgan fingerprint density at radius 3 is 2.48 bits per heavy atom. The summed E-state index contributed by atoms with van der Waals surface area (Å²) in [5.41, 5.74) is 7.05. The van der Waals surface area contributed by atoms with Crippen LogP contribution in [0.25, 0.3) is 22.4 Å². The summed E-state index contributed by atoms with van der Waals surface area (Å²) < 4.78 is 4.34. The number of aromatic nitrogens is 5. The van der Waals surface area contributed by atoms with Gasteiger partial charge in [0.05, 0.1) is 5.69 Å². The number of carbonyl (C=O) groups excluding carboxylic acids is 1. The Bertz CT molecular complexity index is 1560. The molecule has 1 N–H and O–H groups in total. The first-order chi connectivity index (χ1) is 15.9. The molecule has 0 unspecified atom stereocenters. The normalized spacial score (nSPS) is 11.4. The molecule has 0 saturated heterocycles. The zero-order valence-corrected chi connectivity index (χ0v) is 18.7. The highest BCUT2D eigenvalue weighted by atomic mass is 16.2. The van der Waals surface area contributed by atoms with E-state index in [0.29, 0.717) is 17.7 Å². The van der Waals surface area contributed by atoms with E-state index in [-0.39, 0.29) is 18.1 Å². The lowest BCUT2D eigenvalue weighted by molar-refractivity contribution is -0.122. The molecule has 33 heavy (non-hydrogen) atoms. The van der Waals surface area contributed by atoms with Gasteiger partial charge in [0, 0.05) is 24.5 Å². The van der Waals surface area contributed by atoms with Gasteiger partial charge in [-0.1, -0.05) is 47.5 Å². The Labute approximate surface area is 190 Å². The molecule has 0 atom stereocenters. The highest BCUT2D eigenvalue weighted by Crippen LogP contribution is 2.25. The molecule has 8 nitrogen and oxygen atoms in total. The number of nitrogens with zero attached hydrogens (tertiary/aromatic N) is 5. The average Bonchev–Trinajstić information content (AvgIpc) is 3.36. The molecular formula is C25H24N6O2. The van der Waals surface area contributed by atoms with Crippen LogP contribution < -0.4 is 11.0 Å². The van der Waals surface area contributed by atoms with Crippen molar-refractivity contribution >= 4 is 17.1 Å². The number of fused-ring (bicyclic) bond motifs is 3. The van der Waals surface area contributed by atoms with E-state index in [2.05, 4.69) is 33.7 Å². The molecule has 5 aromatic rings. The van der Waals surface area contributed by atoms with Gasteiger partial charge in [-0.2, -0.15) is 5.10 Å². The van der Waals surface area contributed by atoms with Crippen LogP contribution in [0.4, 0.5) is 0 Å². The van der Waals surface area contributed by atoms with Gasteiger partial charge in [0.25, 0.3) is 0 Å². The van der Waals surface area contributed by atoms with Crippen molar-refractivity contribution in [2.24, 2.45) is 0 Å². The SMILES string of the molecule is Cc1ccc(CNC(=O)Cn2nc3c4cc(-c5cc(C)ccc5C)nn4ccn3c2=O)cc1. The van der Waals surface area contributed by atoms with E-state index >= 15 is 0 Å². The molecule has 0 aliphatic rings. The third-order valence-electron chi connectivity index (χ3n) is 5.76. The van der Waals surface area contributed by atoms with Crippen molar-refractivity contribution in [3.8, 4) is 11.3 Å². The van der Waals surface area contributed by atoms with Crippen LogP contribution in [0.2, 0.25) is 0 Å². The maximum atomic E-state index is 12.8. The lowest BCUT2D eigenvalue weighted by Crippen LogP contribution is -2.32. The van der Waals surface area contributed by atoms with E-state index in [1.54, 1.807) is 16.9 Å². The maximum absolute atomic E-state index is 12.8. The van der Waals surface area contributed by atoms with Crippen molar-refractivity contribution in [2.75, 3.05) is 0 Å². The highest BCUT2D eigenvalue weighted by molar-refractivity contribution is 5.78. The number of rotatable bonds is 5. The van der Waals surface area contributed by atoms with E-state index in [1.165, 1.54) is 9.08 Å². The van der Waals surface area contributed by atoms with E-state index in [0.717, 1.165) is 33.5 Å². The minimum atomic E-state index is -0.368. The Morgan fingerprint density at radius 1 is 0.939 bits per heavy atom. The Kier molecular flexibility index (Phi) is 5.05. The largest absolute Gasteiger partial charge is 0.350 e. The lowest BCUT2D eigenvalue weighted by atomic mass is 10.0. The van der Waals surface area contributed by atoms with Crippen molar-refractivity contribution in [3.63, 3.8) is 0 Å². The molecule has 0 bridgehead atoms. The smallest absolute Gasteiger partial charge is 0.350 e. The standard InChI is InChI=1S/C25H24N6O2/c1-16-5-8-19(9-6-16)14-26-23(32)15-31-25(33)29-10-11-30-22(24(29)28-31)13-21(27-30)20-12-17(2)4-7-18(20)3/h4-13H,14-15H2,1-3H3,(H,26,32). The van der Waals surface area contributed by atoms with Gasteiger partial charge in [-0.25, -0.2) is 18.4 Å². The first-order valence-corrected chi connectivity index (χ1v) is 10.8. The fourth-order valence-electron chi connectivity index (χ4n) is 3.88. The van der Waals surface area contributed by atoms with Crippen LogP contribution in [0, 0.1) is 20.8 Å². The minimum Gasteiger partial charge on any atom is -0.350 e. The highest BCUT2D eigenvalue weighted by Gasteiger charge is 2.16. The molecular weight excluding hydrogens is 416 g/mol. The number of benzene rings is 2. The zero-order chi connectivity index (χ0) is 23.1. The summed E-state index contributed by atoms with van der Waals surface area (Å²) in [6.07, 6.45) is 3.35. The second kappa shape index (κ2) is 8.05. The third-order valence-corrected chi connectivity index (χ3v) is 5.76. The Morgan fingerprint density at radius 2 is 1.70 bits per heavy atom. The molecule has 0 aliphatic heterocycles. The van der Waals surface area contributed by atoms with Crippen molar-refractivity contribution in [2.45, 2.75) is 33.9 Å². The molecule has 3 aromatic heterocycles. The fraction of sp³-hybridized carbons (Fsp3) is 0.200. The molecule has 1 amide bonds. The molecule has 8 heteroatoms. The average molecular weight is 441 g/mol. The van der Waals surface area contributed by atoms with Crippen molar-refractivity contribution in [1.82, 2.24) is 29.1 Å². The van der Waals surface area contributed by atoms with Crippen LogP contribution >= 0.6 is 0 Å². The molecule has 0 fully saturated rings. The van der Waals surface area contributed by atoms with E-state index < -0.39 is 0 Å². The maximum Gasteiger partial charge on any atom is 0.350 e. The van der Waals surface area contributed by atoms with E-state index in [4.69, 9.17) is 0 Å². The first kappa shape index (κ1) is 20.7. The molecule has 166 valence electrons. The monoisotopic (exact) mass is 440 g/mol. The van der Waals surface area contributed by atoms with Crippen molar-refractivity contribution in [1.29, 1.82) is 0 Å². The number of amides is 1. The first-order valence-electron chi connectivity index (χ1n) is 10.8. The fourth-order valence-corrected chi connectivity index (χ4v) is 3.88. The number of aryl methyl sites for hydroxylation is 3. The predicted molar refractivity (Wildman–Crippen MR) is 126 cm³/mol. The lowest BCUT2D eigenvalue weighted by Gasteiger charge is -2.05. The number of nitrogens with one attached hydrogen (secondary N) is 1. The summed E-state index contributed by atoms with van der Waals surface area (Å²) in [5, 5.41) is 12.0. The van der Waals surface area contributed by atoms with Crippen LogP contribution in [0.15, 0.2) is 65.7 Å². The molecule has 0 radical (unpaired) electrons. The van der Waals surface area contributed by atoms with Gasteiger partial charge >= 0.3 is 5.69 Å². The third kappa shape index (κ3) is 3.91. The molecule has 5 rings (SSSR count). The summed E-state index contributed by atoms with van der Waals surface area (Å²) in [6, 6.07) is 16.1. The summed E-state index contributed by atoms with van der Waals surface area (Å²) in [4.78, 5) is 25.3. The number of hydrogen-bond donors (Lipinski definition) is 1. The van der Waals surface area contributed by atoms with Crippen LogP contribution in [-0.2, 0) is 17.9 Å². The summed E-state index contributed by atoms with van der Waals surface area (Å²) in [7, 11) is 0. The van der Waals surface area contributed by atoms with Crippen LogP contribution in [0.3, 0.4) is 0 Å².